The molecule has 1 amide bonds. The Kier molecular flexibility index (Phi) is 8.12. The summed E-state index contributed by atoms with van der Waals surface area (Å²) in [5.74, 6) is 1.24. The fourth-order valence-corrected chi connectivity index (χ4v) is 3.97. The largest absolute Gasteiger partial charge is 0.467 e. The molecule has 6 nitrogen and oxygen atoms in total. The second kappa shape index (κ2) is 10.2. The Labute approximate surface area is 180 Å². The zero-order valence-electron chi connectivity index (χ0n) is 18.6. The van der Waals surface area contributed by atoms with E-state index in [1.807, 2.05) is 6.07 Å². The molecular formula is C23H33NO5S. The van der Waals surface area contributed by atoms with Crippen molar-refractivity contribution >= 4 is 16.0 Å². The smallest absolute Gasteiger partial charge is 0.308 e. The Morgan fingerprint density at radius 1 is 1.13 bits per heavy atom. The number of hydrogen-bond donors (Lipinski definition) is 0. The van der Waals surface area contributed by atoms with E-state index in [4.69, 9.17) is 8.60 Å². The first-order valence-corrected chi connectivity index (χ1v) is 11.9. The summed E-state index contributed by atoms with van der Waals surface area (Å²) in [6.45, 7) is 11.0. The first-order chi connectivity index (χ1) is 14.0. The lowest BCUT2D eigenvalue weighted by Crippen LogP contribution is -2.31. The van der Waals surface area contributed by atoms with Crippen LogP contribution in [0, 0.1) is 11.3 Å². The summed E-state index contributed by atoms with van der Waals surface area (Å²) in [5, 5.41) is 0. The van der Waals surface area contributed by atoms with Gasteiger partial charge in [0.25, 0.3) is 0 Å². The average molecular weight is 436 g/mol. The Hall–Kier alpha value is -2.28. The lowest BCUT2D eigenvalue weighted by molar-refractivity contribution is -0.133. The van der Waals surface area contributed by atoms with E-state index in [0.29, 0.717) is 19.5 Å². The molecule has 1 heterocycles. The second-order valence-electron chi connectivity index (χ2n) is 8.98. The minimum Gasteiger partial charge on any atom is -0.467 e. The van der Waals surface area contributed by atoms with Crippen LogP contribution in [0.3, 0.4) is 0 Å². The van der Waals surface area contributed by atoms with Gasteiger partial charge < -0.3 is 13.5 Å². The molecule has 1 unspecified atom stereocenters. The van der Waals surface area contributed by atoms with Crippen LogP contribution in [-0.2, 0) is 28.0 Å². The second-order valence-corrected chi connectivity index (χ2v) is 10.8. The van der Waals surface area contributed by atoms with Gasteiger partial charge in [-0.3, -0.25) is 4.79 Å². The zero-order valence-corrected chi connectivity index (χ0v) is 19.4. The molecule has 0 saturated heterocycles. The van der Waals surface area contributed by atoms with Gasteiger partial charge in [-0.1, -0.05) is 39.8 Å². The van der Waals surface area contributed by atoms with E-state index in [9.17, 15) is 13.2 Å². The van der Waals surface area contributed by atoms with Gasteiger partial charge in [-0.15, -0.1) is 0 Å². The predicted molar refractivity (Wildman–Crippen MR) is 117 cm³/mol. The molecular weight excluding hydrogens is 402 g/mol. The van der Waals surface area contributed by atoms with Gasteiger partial charge in [-0.2, -0.15) is 8.42 Å². The molecule has 0 radical (unpaired) electrons. The number of furan rings is 1. The van der Waals surface area contributed by atoms with Crippen LogP contribution in [-0.4, -0.2) is 25.0 Å². The highest BCUT2D eigenvalue weighted by Crippen LogP contribution is 2.27. The Morgan fingerprint density at radius 3 is 2.33 bits per heavy atom. The van der Waals surface area contributed by atoms with Gasteiger partial charge in [0.1, 0.15) is 11.5 Å². The molecule has 0 N–H and O–H groups in total. The summed E-state index contributed by atoms with van der Waals surface area (Å²) in [6, 6.07) is 10.4. The van der Waals surface area contributed by atoms with Crippen LogP contribution in [0.1, 0.15) is 58.8 Å². The maximum Gasteiger partial charge on any atom is 0.308 e. The van der Waals surface area contributed by atoms with Gasteiger partial charge in [0, 0.05) is 13.0 Å². The molecule has 0 aliphatic heterocycles. The third kappa shape index (κ3) is 8.22. The molecule has 7 heteroatoms. The summed E-state index contributed by atoms with van der Waals surface area (Å²) in [6.07, 6.45) is 3.03. The van der Waals surface area contributed by atoms with Crippen molar-refractivity contribution in [2.24, 2.45) is 11.3 Å². The van der Waals surface area contributed by atoms with Gasteiger partial charge in [-0.05, 0) is 54.5 Å². The van der Waals surface area contributed by atoms with Crippen LogP contribution < -0.4 is 4.18 Å². The minimum absolute atomic E-state index is 0.0667. The first kappa shape index (κ1) is 24.0. The Balaban J connectivity index is 2.10. The van der Waals surface area contributed by atoms with E-state index in [1.54, 1.807) is 41.5 Å². The molecule has 166 valence electrons. The van der Waals surface area contributed by atoms with E-state index in [2.05, 4.69) is 27.7 Å². The maximum absolute atomic E-state index is 13.0. The quantitative estimate of drug-likeness (QED) is 0.491. The van der Waals surface area contributed by atoms with Crippen LogP contribution in [0.25, 0.3) is 0 Å². The Bertz CT molecular complexity index is 896. The number of amides is 1. The fraction of sp³-hybridized carbons (Fsp3) is 0.522. The van der Waals surface area contributed by atoms with Crippen molar-refractivity contribution in [2.45, 2.75) is 60.5 Å². The molecule has 0 saturated carbocycles. The average Bonchev–Trinajstić information content (AvgIpc) is 3.14. The van der Waals surface area contributed by atoms with Crippen LogP contribution in [0.15, 0.2) is 47.1 Å². The van der Waals surface area contributed by atoms with E-state index in [0.717, 1.165) is 17.7 Å². The summed E-state index contributed by atoms with van der Waals surface area (Å²) < 4.78 is 33.7. The summed E-state index contributed by atoms with van der Waals surface area (Å²) >= 11 is 0. The molecule has 2 rings (SSSR count). The molecule has 1 aromatic heterocycles. The van der Waals surface area contributed by atoms with Crippen LogP contribution >= 0.6 is 0 Å². The maximum atomic E-state index is 13.0. The molecule has 1 atom stereocenters. The lowest BCUT2D eigenvalue weighted by atomic mass is 9.84. The zero-order chi connectivity index (χ0) is 22.4. The summed E-state index contributed by atoms with van der Waals surface area (Å²) in [5.41, 5.74) is 1.06. The summed E-state index contributed by atoms with van der Waals surface area (Å²) in [4.78, 5) is 14.8. The number of rotatable bonds is 10. The van der Waals surface area contributed by atoms with Gasteiger partial charge in [0.2, 0.25) is 5.91 Å². The molecule has 0 fully saturated rings. The van der Waals surface area contributed by atoms with Crippen molar-refractivity contribution in [3.63, 3.8) is 0 Å². The third-order valence-electron chi connectivity index (χ3n) is 4.64. The number of benzene rings is 1. The van der Waals surface area contributed by atoms with Gasteiger partial charge in [0.05, 0.1) is 18.6 Å². The van der Waals surface area contributed by atoms with Gasteiger partial charge >= 0.3 is 10.1 Å². The van der Waals surface area contributed by atoms with Crippen molar-refractivity contribution in [1.29, 1.82) is 0 Å². The standard InChI is InChI=1S/C23H33NO5S/c1-6-30(26,27)29-20-11-9-19(10-12-20)16-24(17-21-8-7-13-28-21)22(25)14-18(2)15-23(3,4)5/h7-13,18H,6,14-17H2,1-5H3. The van der Waals surface area contributed by atoms with Crippen LogP contribution in [0.5, 0.6) is 5.75 Å². The third-order valence-corrected chi connectivity index (χ3v) is 5.79. The van der Waals surface area contributed by atoms with Crippen molar-refractivity contribution in [3.05, 3.63) is 54.0 Å². The molecule has 0 aliphatic carbocycles. The number of nitrogens with zero attached hydrogens (tertiary/aromatic N) is 1. The minimum atomic E-state index is -3.56. The number of carbonyl (C=O) groups is 1. The highest BCUT2D eigenvalue weighted by atomic mass is 32.2. The van der Waals surface area contributed by atoms with Gasteiger partial charge in [-0.25, -0.2) is 0 Å². The molecule has 1 aromatic carbocycles. The normalized spacial score (nSPS) is 13.1. The molecule has 30 heavy (non-hydrogen) atoms. The van der Waals surface area contributed by atoms with Crippen molar-refractivity contribution in [3.8, 4) is 5.75 Å². The lowest BCUT2D eigenvalue weighted by Gasteiger charge is -2.27. The molecule has 2 aromatic rings. The van der Waals surface area contributed by atoms with Crippen LogP contribution in [0.4, 0.5) is 0 Å². The highest BCUT2D eigenvalue weighted by Gasteiger charge is 2.22. The predicted octanol–water partition coefficient (Wildman–Crippen LogP) is 5.00. The summed E-state index contributed by atoms with van der Waals surface area (Å²) in [7, 11) is -3.56. The van der Waals surface area contributed by atoms with Crippen molar-refractivity contribution in [1.82, 2.24) is 4.90 Å². The molecule has 0 spiro atoms. The van der Waals surface area contributed by atoms with E-state index in [1.165, 1.54) is 6.92 Å². The number of hydrogen-bond acceptors (Lipinski definition) is 5. The van der Waals surface area contributed by atoms with Gasteiger partial charge in [0.15, 0.2) is 0 Å². The SMILES string of the molecule is CCS(=O)(=O)Oc1ccc(CN(Cc2ccco2)C(=O)CC(C)CC(C)(C)C)cc1. The fourth-order valence-electron chi connectivity index (χ4n) is 3.44. The van der Waals surface area contributed by atoms with E-state index < -0.39 is 10.1 Å². The van der Waals surface area contributed by atoms with Crippen molar-refractivity contribution in [2.75, 3.05) is 5.75 Å². The Morgan fingerprint density at radius 2 is 1.80 bits per heavy atom. The highest BCUT2D eigenvalue weighted by molar-refractivity contribution is 7.87. The first-order valence-electron chi connectivity index (χ1n) is 10.3. The van der Waals surface area contributed by atoms with Crippen molar-refractivity contribution < 1.29 is 21.8 Å². The number of carbonyl (C=O) groups excluding carboxylic acids is 1. The topological polar surface area (TPSA) is 76.8 Å². The van der Waals surface area contributed by atoms with E-state index >= 15 is 0 Å². The van der Waals surface area contributed by atoms with Crippen LogP contribution in [0.2, 0.25) is 0 Å². The van der Waals surface area contributed by atoms with E-state index in [-0.39, 0.29) is 28.7 Å². The molecule has 0 aliphatic rings. The molecule has 0 bridgehead atoms. The monoisotopic (exact) mass is 435 g/mol.